The second-order valence-corrected chi connectivity index (χ2v) is 5.38. The van der Waals surface area contributed by atoms with Gasteiger partial charge in [0, 0.05) is 18.2 Å². The minimum atomic E-state index is -0.727. The molecule has 2 aromatic rings. The summed E-state index contributed by atoms with van der Waals surface area (Å²) in [4.78, 5) is 2.30. The first-order chi connectivity index (χ1) is 11.3. The summed E-state index contributed by atoms with van der Waals surface area (Å²) in [6.07, 6.45) is 0. The van der Waals surface area contributed by atoms with Gasteiger partial charge in [-0.15, -0.1) is 12.4 Å². The maximum Gasteiger partial charge on any atom is 0.179 e. The highest BCUT2D eigenvalue weighted by Gasteiger charge is 2.32. The molecule has 2 aromatic carbocycles. The normalized spacial score (nSPS) is 10.7. The molecule has 3 heteroatoms. The van der Waals surface area contributed by atoms with Crippen LogP contribution in [-0.4, -0.2) is 31.6 Å². The van der Waals surface area contributed by atoms with E-state index < -0.39 is 5.60 Å². The third-order valence-corrected chi connectivity index (χ3v) is 4.13. The largest absolute Gasteiger partial charge is 0.357 e. The van der Waals surface area contributed by atoms with Crippen molar-refractivity contribution in [1.82, 2.24) is 4.90 Å². The second-order valence-electron chi connectivity index (χ2n) is 5.38. The number of rotatable bonds is 6. The number of nitrogens with zero attached hydrogens (tertiary/aromatic N) is 1. The highest BCUT2D eigenvalue weighted by atomic mass is 35.5. The van der Waals surface area contributed by atoms with Crippen LogP contribution < -0.4 is 0 Å². The lowest BCUT2D eigenvalue weighted by molar-refractivity contribution is 0.0741. The van der Waals surface area contributed by atoms with Crippen molar-refractivity contribution >= 4 is 12.4 Å². The van der Waals surface area contributed by atoms with Crippen LogP contribution in [0, 0.1) is 11.8 Å². The summed E-state index contributed by atoms with van der Waals surface area (Å²) in [5.41, 5.74) is 1.39. The van der Waals surface area contributed by atoms with Crippen LogP contribution >= 0.6 is 12.4 Å². The van der Waals surface area contributed by atoms with Gasteiger partial charge in [0.1, 0.15) is 0 Å². The lowest BCUT2D eigenvalue weighted by atomic mass is 9.86. The van der Waals surface area contributed by atoms with Gasteiger partial charge < -0.3 is 4.74 Å². The summed E-state index contributed by atoms with van der Waals surface area (Å²) in [5.74, 6) is 6.73. The predicted molar refractivity (Wildman–Crippen MR) is 103 cm³/mol. The first kappa shape index (κ1) is 20.3. The molecule has 0 spiro atoms. The Morgan fingerprint density at radius 1 is 0.875 bits per heavy atom. The molecule has 0 aromatic heterocycles. The second kappa shape index (κ2) is 10.2. The average Bonchev–Trinajstić information content (AvgIpc) is 2.64. The lowest BCUT2D eigenvalue weighted by Crippen LogP contribution is -2.29. The predicted octanol–water partition coefficient (Wildman–Crippen LogP) is 4.34. The molecule has 0 saturated carbocycles. The number of ether oxygens (including phenoxy) is 1. The molecule has 2 nitrogen and oxygen atoms in total. The molecule has 0 aliphatic rings. The molecule has 128 valence electrons. The summed E-state index contributed by atoms with van der Waals surface area (Å²) < 4.78 is 5.97. The molecule has 0 fully saturated rings. The van der Waals surface area contributed by atoms with E-state index in [0.717, 1.165) is 30.8 Å². The maximum atomic E-state index is 5.97. The van der Waals surface area contributed by atoms with Crippen LogP contribution in [0.15, 0.2) is 60.7 Å². The molecule has 0 radical (unpaired) electrons. The highest BCUT2D eigenvalue weighted by Crippen LogP contribution is 2.32. The van der Waals surface area contributed by atoms with E-state index in [1.807, 2.05) is 36.4 Å². The van der Waals surface area contributed by atoms with Gasteiger partial charge in [-0.3, -0.25) is 4.90 Å². The van der Waals surface area contributed by atoms with E-state index in [0.29, 0.717) is 0 Å². The van der Waals surface area contributed by atoms with Gasteiger partial charge in [-0.05, 0) is 13.1 Å². The Morgan fingerprint density at radius 2 is 1.33 bits per heavy atom. The van der Waals surface area contributed by atoms with E-state index >= 15 is 0 Å². The van der Waals surface area contributed by atoms with Crippen molar-refractivity contribution in [2.24, 2.45) is 0 Å². The Morgan fingerprint density at radius 3 is 1.71 bits per heavy atom. The SMILES string of the molecule is CCN(CC)CC#CC(OC)(c1ccccc1)c1ccccc1.Cl. The zero-order valence-electron chi connectivity index (χ0n) is 14.7. The van der Waals surface area contributed by atoms with Crippen LogP contribution in [0.4, 0.5) is 0 Å². The quantitative estimate of drug-likeness (QED) is 0.723. The fraction of sp³-hybridized carbons (Fsp3) is 0.333. The van der Waals surface area contributed by atoms with E-state index in [9.17, 15) is 0 Å². The van der Waals surface area contributed by atoms with Crippen molar-refractivity contribution in [3.63, 3.8) is 0 Å². The molecule has 0 heterocycles. The van der Waals surface area contributed by atoms with Gasteiger partial charge in [-0.1, -0.05) is 86.4 Å². The van der Waals surface area contributed by atoms with E-state index in [1.165, 1.54) is 0 Å². The third kappa shape index (κ3) is 4.61. The first-order valence-electron chi connectivity index (χ1n) is 8.15. The molecule has 0 aliphatic heterocycles. The van der Waals surface area contributed by atoms with E-state index in [4.69, 9.17) is 4.74 Å². The van der Waals surface area contributed by atoms with Crippen molar-refractivity contribution in [1.29, 1.82) is 0 Å². The summed E-state index contributed by atoms with van der Waals surface area (Å²) in [6.45, 7) is 7.06. The van der Waals surface area contributed by atoms with Gasteiger partial charge in [-0.25, -0.2) is 0 Å². The Hall–Kier alpha value is -1.79. The van der Waals surface area contributed by atoms with Crippen LogP contribution in [0.1, 0.15) is 25.0 Å². The average molecular weight is 344 g/mol. The smallest absolute Gasteiger partial charge is 0.179 e. The summed E-state index contributed by atoms with van der Waals surface area (Å²) >= 11 is 0. The van der Waals surface area contributed by atoms with Crippen molar-refractivity contribution < 1.29 is 4.74 Å². The topological polar surface area (TPSA) is 12.5 Å². The van der Waals surface area contributed by atoms with Gasteiger partial charge in [0.05, 0.1) is 6.54 Å². The molecule has 24 heavy (non-hydrogen) atoms. The highest BCUT2D eigenvalue weighted by molar-refractivity contribution is 5.85. The number of methoxy groups -OCH3 is 1. The molecule has 0 aliphatic carbocycles. The fourth-order valence-electron chi connectivity index (χ4n) is 2.67. The van der Waals surface area contributed by atoms with Gasteiger partial charge in [0.15, 0.2) is 5.60 Å². The fourth-order valence-corrected chi connectivity index (χ4v) is 2.67. The maximum absolute atomic E-state index is 5.97. The zero-order valence-corrected chi connectivity index (χ0v) is 15.5. The van der Waals surface area contributed by atoms with Crippen molar-refractivity contribution in [3.8, 4) is 11.8 Å². The monoisotopic (exact) mass is 343 g/mol. The molecule has 0 saturated heterocycles. The Kier molecular flexibility index (Phi) is 8.57. The minimum Gasteiger partial charge on any atom is -0.357 e. The van der Waals surface area contributed by atoms with Gasteiger partial charge in [0.25, 0.3) is 0 Å². The number of benzene rings is 2. The zero-order chi connectivity index (χ0) is 16.5. The van der Waals surface area contributed by atoms with Gasteiger partial charge in [0.2, 0.25) is 0 Å². The summed E-state index contributed by atoms with van der Waals surface area (Å²) in [6, 6.07) is 20.4. The number of hydrogen-bond acceptors (Lipinski definition) is 2. The van der Waals surface area contributed by atoms with Crippen LogP contribution in [0.2, 0.25) is 0 Å². The van der Waals surface area contributed by atoms with E-state index in [2.05, 4.69) is 54.9 Å². The first-order valence-corrected chi connectivity index (χ1v) is 8.15. The molecule has 0 N–H and O–H groups in total. The van der Waals surface area contributed by atoms with Gasteiger partial charge >= 0.3 is 0 Å². The Labute approximate surface area is 152 Å². The number of halogens is 1. The van der Waals surface area contributed by atoms with E-state index in [-0.39, 0.29) is 12.4 Å². The standard InChI is InChI=1S/C21H25NO.ClH/c1-4-22(5-2)18-12-17-21(23-3,19-13-8-6-9-14-19)20-15-10-7-11-16-20;/h6-11,13-16H,4-5,18H2,1-3H3;1H. The number of hydrogen-bond donors (Lipinski definition) is 0. The molecular weight excluding hydrogens is 318 g/mol. The van der Waals surface area contributed by atoms with Crippen LogP contribution in [-0.2, 0) is 10.3 Å². The van der Waals surface area contributed by atoms with Crippen molar-refractivity contribution in [2.45, 2.75) is 19.4 Å². The van der Waals surface area contributed by atoms with Crippen LogP contribution in [0.3, 0.4) is 0 Å². The lowest BCUT2D eigenvalue weighted by Gasteiger charge is -2.28. The minimum absolute atomic E-state index is 0. The van der Waals surface area contributed by atoms with Gasteiger partial charge in [-0.2, -0.15) is 0 Å². The van der Waals surface area contributed by atoms with Crippen LogP contribution in [0.25, 0.3) is 0 Å². The van der Waals surface area contributed by atoms with Crippen LogP contribution in [0.5, 0.6) is 0 Å². The van der Waals surface area contributed by atoms with E-state index in [1.54, 1.807) is 7.11 Å². The molecule has 2 rings (SSSR count). The van der Waals surface area contributed by atoms with Crippen molar-refractivity contribution in [2.75, 3.05) is 26.7 Å². The molecular formula is C21H26ClNO. The Bertz CT molecular complexity index is 602. The molecule has 0 unspecified atom stereocenters. The molecule has 0 bridgehead atoms. The molecule has 0 atom stereocenters. The Balaban J connectivity index is 0.00000288. The third-order valence-electron chi connectivity index (χ3n) is 4.13. The summed E-state index contributed by atoms with van der Waals surface area (Å²) in [7, 11) is 1.73. The summed E-state index contributed by atoms with van der Waals surface area (Å²) in [5, 5.41) is 0. The van der Waals surface area contributed by atoms with Crippen molar-refractivity contribution in [3.05, 3.63) is 71.8 Å². The molecule has 0 amide bonds.